The molecular formula is C18H10Cl2F9N5O2. The van der Waals surface area contributed by atoms with Crippen LogP contribution < -0.4 is 4.90 Å². The predicted octanol–water partition coefficient (Wildman–Crippen LogP) is 5.87. The molecule has 36 heavy (non-hydrogen) atoms. The molecule has 0 spiro atoms. The fourth-order valence-corrected chi connectivity index (χ4v) is 3.85. The highest BCUT2D eigenvalue weighted by Crippen LogP contribution is 2.44. The molecule has 0 aliphatic rings. The van der Waals surface area contributed by atoms with Crippen LogP contribution in [-0.4, -0.2) is 37.0 Å². The zero-order valence-electron chi connectivity index (χ0n) is 17.5. The van der Waals surface area contributed by atoms with E-state index in [2.05, 4.69) is 15.1 Å². The Balaban J connectivity index is 2.58. The second-order valence-electron chi connectivity index (χ2n) is 7.13. The molecule has 2 aromatic heterocycles. The number of alkyl halides is 9. The molecule has 0 saturated carbocycles. The van der Waals surface area contributed by atoms with Gasteiger partial charge in [-0.15, -0.1) is 5.10 Å². The van der Waals surface area contributed by atoms with Crippen molar-refractivity contribution in [3.63, 3.8) is 0 Å². The first kappa shape index (κ1) is 27.7. The number of fused-ring (bicyclic) bond motifs is 1. The van der Waals surface area contributed by atoms with Gasteiger partial charge in [-0.1, -0.05) is 23.2 Å². The van der Waals surface area contributed by atoms with Gasteiger partial charge in [-0.05, 0) is 19.1 Å². The van der Waals surface area contributed by atoms with Gasteiger partial charge in [-0.2, -0.15) is 39.5 Å². The van der Waals surface area contributed by atoms with Gasteiger partial charge in [-0.3, -0.25) is 9.69 Å². The average molecular weight is 570 g/mol. The van der Waals surface area contributed by atoms with E-state index in [1.807, 2.05) is 0 Å². The topological polar surface area (TPSA) is 84.1 Å². The van der Waals surface area contributed by atoms with Gasteiger partial charge < -0.3 is 5.11 Å². The van der Waals surface area contributed by atoms with Crippen LogP contribution in [0.5, 0.6) is 0 Å². The van der Waals surface area contributed by atoms with Crippen molar-refractivity contribution in [2.45, 2.75) is 38.6 Å². The highest BCUT2D eigenvalue weighted by atomic mass is 35.5. The SMILES string of the molecule is CC(=O)N(c1c2c(C(F)(F)F)nc(C(F)(F)F)nc2nn1-c1c(Cl)cc(C(F)(F)F)cc1Cl)C(C)O. The number of nitrogens with zero attached hydrogens (tertiary/aromatic N) is 5. The van der Waals surface area contributed by atoms with Gasteiger partial charge in [0, 0.05) is 6.92 Å². The molecule has 3 rings (SSSR count). The first-order chi connectivity index (χ1) is 16.2. The summed E-state index contributed by atoms with van der Waals surface area (Å²) < 4.78 is 121. The molecule has 18 heteroatoms. The third kappa shape index (κ3) is 5.01. The third-order valence-electron chi connectivity index (χ3n) is 4.53. The van der Waals surface area contributed by atoms with E-state index >= 15 is 0 Å². The van der Waals surface area contributed by atoms with E-state index in [1.165, 1.54) is 0 Å². The molecule has 1 aromatic carbocycles. The summed E-state index contributed by atoms with van der Waals surface area (Å²) in [5.41, 5.74) is -5.56. The zero-order valence-corrected chi connectivity index (χ0v) is 19.0. The summed E-state index contributed by atoms with van der Waals surface area (Å²) in [6, 6.07) is 0.660. The number of hydrogen-bond donors (Lipinski definition) is 1. The fourth-order valence-electron chi connectivity index (χ4n) is 3.21. The molecule has 1 atom stereocenters. The van der Waals surface area contributed by atoms with Gasteiger partial charge in [-0.25, -0.2) is 14.6 Å². The van der Waals surface area contributed by atoms with Gasteiger partial charge >= 0.3 is 18.5 Å². The van der Waals surface area contributed by atoms with Gasteiger partial charge in [0.2, 0.25) is 11.7 Å². The standard InChI is InChI=1S/C18H10Cl2F9N5O2/c1-5(35)33(6(2)36)14-10-12(17(24,25)26)30-15(18(27,28)29)31-13(10)32-34(14)11-8(19)3-7(4-9(11)20)16(21,22)23/h3-5,35H,1-2H3. The Morgan fingerprint density at radius 3 is 1.89 bits per heavy atom. The maximum absolute atomic E-state index is 13.8. The Kier molecular flexibility index (Phi) is 6.87. The van der Waals surface area contributed by atoms with E-state index in [0.717, 1.165) is 13.8 Å². The second-order valence-corrected chi connectivity index (χ2v) is 7.95. The van der Waals surface area contributed by atoms with E-state index in [-0.39, 0.29) is 9.58 Å². The lowest BCUT2D eigenvalue weighted by Gasteiger charge is -2.26. The summed E-state index contributed by atoms with van der Waals surface area (Å²) in [6.45, 7) is 1.70. The Hall–Kier alpha value is -2.85. The first-order valence-corrected chi connectivity index (χ1v) is 10.00. The predicted molar refractivity (Wildman–Crippen MR) is 107 cm³/mol. The number of carbonyl (C=O) groups excluding carboxylic acids is 1. The molecule has 196 valence electrons. The molecular weight excluding hydrogens is 560 g/mol. The van der Waals surface area contributed by atoms with E-state index < -0.39 is 80.3 Å². The molecule has 1 N–H and O–H groups in total. The van der Waals surface area contributed by atoms with Crippen LogP contribution >= 0.6 is 23.2 Å². The summed E-state index contributed by atoms with van der Waals surface area (Å²) in [5, 5.41) is 10.7. The van der Waals surface area contributed by atoms with Gasteiger partial charge in [0.25, 0.3) is 0 Å². The van der Waals surface area contributed by atoms with Gasteiger partial charge in [0.1, 0.15) is 11.9 Å². The first-order valence-electron chi connectivity index (χ1n) is 9.24. The van der Waals surface area contributed by atoms with E-state index in [4.69, 9.17) is 23.2 Å². The molecule has 2 heterocycles. The normalized spacial score (nSPS) is 13.8. The number of benzene rings is 1. The minimum Gasteiger partial charge on any atom is -0.373 e. The second kappa shape index (κ2) is 8.92. The number of halogens is 11. The summed E-state index contributed by atoms with van der Waals surface area (Å²) in [7, 11) is 0. The van der Waals surface area contributed by atoms with Crippen LogP contribution in [0.4, 0.5) is 45.3 Å². The van der Waals surface area contributed by atoms with E-state index in [9.17, 15) is 49.4 Å². The molecule has 1 amide bonds. The quantitative estimate of drug-likeness (QED) is 0.315. The van der Waals surface area contributed by atoms with Crippen molar-refractivity contribution in [2.24, 2.45) is 0 Å². The zero-order chi connectivity index (χ0) is 27.5. The number of carbonyl (C=O) groups is 1. The number of anilines is 1. The summed E-state index contributed by atoms with van der Waals surface area (Å²) in [4.78, 5) is 18.1. The van der Waals surface area contributed by atoms with Crippen molar-refractivity contribution in [2.75, 3.05) is 4.90 Å². The van der Waals surface area contributed by atoms with Crippen molar-refractivity contribution in [3.05, 3.63) is 39.3 Å². The number of rotatable bonds is 3. The molecule has 0 aliphatic carbocycles. The summed E-state index contributed by atoms with van der Waals surface area (Å²) in [6.07, 6.45) is -17.9. The number of aromatic nitrogens is 4. The fraction of sp³-hybridized carbons (Fsp3) is 0.333. The molecule has 0 bridgehead atoms. The summed E-state index contributed by atoms with van der Waals surface area (Å²) in [5.74, 6) is -4.42. The largest absolute Gasteiger partial charge is 0.451 e. The van der Waals surface area contributed by atoms with Crippen LogP contribution in [0.3, 0.4) is 0 Å². The van der Waals surface area contributed by atoms with Crippen LogP contribution in [0.1, 0.15) is 30.9 Å². The Bertz CT molecular complexity index is 1330. The van der Waals surface area contributed by atoms with Crippen LogP contribution in [-0.2, 0) is 23.3 Å². The van der Waals surface area contributed by atoms with Crippen LogP contribution in [0.2, 0.25) is 10.0 Å². The smallest absolute Gasteiger partial charge is 0.373 e. The van der Waals surface area contributed by atoms with E-state index in [1.54, 1.807) is 0 Å². The number of hydrogen-bond acceptors (Lipinski definition) is 5. The lowest BCUT2D eigenvalue weighted by molar-refractivity contribution is -0.151. The van der Waals surface area contributed by atoms with Crippen LogP contribution in [0, 0.1) is 0 Å². The monoisotopic (exact) mass is 569 g/mol. The molecule has 0 saturated heterocycles. The maximum atomic E-state index is 13.8. The minimum absolute atomic E-state index is 0.269. The van der Waals surface area contributed by atoms with Crippen LogP contribution in [0.15, 0.2) is 12.1 Å². The number of aliphatic hydroxyl groups excluding tert-OH is 1. The molecule has 1 unspecified atom stereocenters. The maximum Gasteiger partial charge on any atom is 0.451 e. The molecule has 0 radical (unpaired) electrons. The average Bonchev–Trinajstić information content (AvgIpc) is 3.02. The minimum atomic E-state index is -5.57. The van der Waals surface area contributed by atoms with Crippen LogP contribution in [0.25, 0.3) is 16.7 Å². The Labute approximate surface area is 204 Å². The number of amides is 1. The lowest BCUT2D eigenvalue weighted by atomic mass is 10.2. The Morgan fingerprint density at radius 1 is 0.972 bits per heavy atom. The highest BCUT2D eigenvalue weighted by Gasteiger charge is 2.44. The summed E-state index contributed by atoms with van der Waals surface area (Å²) >= 11 is 11.8. The molecule has 3 aromatic rings. The van der Waals surface area contributed by atoms with Gasteiger partial charge in [0.05, 0.1) is 21.0 Å². The molecule has 0 fully saturated rings. The lowest BCUT2D eigenvalue weighted by Crippen LogP contribution is -2.38. The highest BCUT2D eigenvalue weighted by molar-refractivity contribution is 6.38. The van der Waals surface area contributed by atoms with Crippen molar-refractivity contribution < 1.29 is 49.4 Å². The van der Waals surface area contributed by atoms with E-state index in [0.29, 0.717) is 12.1 Å². The molecule has 0 aliphatic heterocycles. The Morgan fingerprint density at radius 2 is 1.50 bits per heavy atom. The van der Waals surface area contributed by atoms with Crippen molar-refractivity contribution in [1.82, 2.24) is 19.7 Å². The molecule has 7 nitrogen and oxygen atoms in total. The number of aliphatic hydroxyl groups is 1. The van der Waals surface area contributed by atoms with Crippen molar-refractivity contribution in [3.8, 4) is 5.69 Å². The van der Waals surface area contributed by atoms with Crippen molar-refractivity contribution in [1.29, 1.82) is 0 Å². The van der Waals surface area contributed by atoms with Gasteiger partial charge in [0.15, 0.2) is 17.2 Å². The third-order valence-corrected chi connectivity index (χ3v) is 5.10. The van der Waals surface area contributed by atoms with Crippen molar-refractivity contribution >= 4 is 46.0 Å².